The lowest BCUT2D eigenvalue weighted by atomic mass is 9.96. The number of aromatic nitrogens is 3. The monoisotopic (exact) mass is 776 g/mol. The first-order valence-electron chi connectivity index (χ1n) is 20.3. The Morgan fingerprint density at radius 1 is 0.536 bits per heavy atom. The van der Waals surface area contributed by atoms with Crippen molar-refractivity contribution in [2.75, 3.05) is 0 Å². The molecule has 0 aliphatic heterocycles. The fourth-order valence-corrected chi connectivity index (χ4v) is 6.29. The lowest BCUT2D eigenvalue weighted by molar-refractivity contribution is 0.474. The number of phenolic OH excluding ortho intramolecular Hbond substituents is 1. The van der Waals surface area contributed by atoms with Gasteiger partial charge in [0.25, 0.3) is 0 Å². The quantitative estimate of drug-likeness (QED) is 0.177. The van der Waals surface area contributed by atoms with Gasteiger partial charge < -0.3 is 5.11 Å². The van der Waals surface area contributed by atoms with E-state index in [2.05, 4.69) is 186 Å². The Hall–Kier alpha value is -4.41. The van der Waals surface area contributed by atoms with Gasteiger partial charge in [0.2, 0.25) is 0 Å². The van der Waals surface area contributed by atoms with Crippen LogP contribution >= 0.6 is 11.6 Å². The molecule has 2 N–H and O–H groups in total. The van der Waals surface area contributed by atoms with Crippen LogP contribution in [0, 0.1) is 20.8 Å². The molecule has 0 saturated carbocycles. The maximum absolute atomic E-state index is 9.22. The maximum Gasteiger partial charge on any atom is 0.134 e. The second kappa shape index (κ2) is 23.6. The summed E-state index contributed by atoms with van der Waals surface area (Å²) in [5, 5.41) is 17.9. The summed E-state index contributed by atoms with van der Waals surface area (Å²) >= 11 is 5.64. The highest BCUT2D eigenvalue weighted by Crippen LogP contribution is 2.27. The number of nitrogens with one attached hydrogen (secondary N) is 1. The minimum atomic E-state index is 0.165. The summed E-state index contributed by atoms with van der Waals surface area (Å²) in [6.07, 6.45) is 3.77. The van der Waals surface area contributed by atoms with Crippen LogP contribution in [0.1, 0.15) is 169 Å². The number of nitrogens with zero attached hydrogens (tertiary/aromatic N) is 2. The van der Waals surface area contributed by atoms with Gasteiger partial charge in [0.15, 0.2) is 0 Å². The van der Waals surface area contributed by atoms with Crippen molar-refractivity contribution in [3.8, 4) is 5.75 Å². The number of aromatic amines is 1. The minimum absolute atomic E-state index is 0.165. The first-order chi connectivity index (χ1) is 26.3. The van der Waals surface area contributed by atoms with Crippen molar-refractivity contribution in [3.63, 3.8) is 0 Å². The van der Waals surface area contributed by atoms with Crippen molar-refractivity contribution in [1.29, 1.82) is 0 Å². The van der Waals surface area contributed by atoms with Gasteiger partial charge in [-0.2, -0.15) is 5.10 Å². The SMILES string of the molecule is CC(C)c1ccc(Cl)c(O)c1.CC(C)c1ccc2cccnc2c1.CC(C)c1cn[nH]c1C(C)C.Cc1ccc(C)c(C(C)C)c1.Cc1ccccc1C(C)C. The normalized spacial score (nSPS) is 10.8. The third kappa shape index (κ3) is 15.6. The van der Waals surface area contributed by atoms with Crippen LogP contribution in [-0.4, -0.2) is 20.3 Å². The molecule has 56 heavy (non-hydrogen) atoms. The number of fused-ring (bicyclic) bond motifs is 1. The Morgan fingerprint density at radius 3 is 1.61 bits per heavy atom. The summed E-state index contributed by atoms with van der Waals surface area (Å²) < 4.78 is 0. The molecule has 0 spiro atoms. The van der Waals surface area contributed by atoms with Gasteiger partial charge >= 0.3 is 0 Å². The Balaban J connectivity index is 0.000000242. The summed E-state index contributed by atoms with van der Waals surface area (Å²) in [5.74, 6) is 3.60. The first kappa shape index (κ1) is 47.7. The highest BCUT2D eigenvalue weighted by atomic mass is 35.5. The molecule has 4 nitrogen and oxygen atoms in total. The summed E-state index contributed by atoms with van der Waals surface area (Å²) in [5.41, 5.74) is 13.3. The molecule has 0 amide bonds. The summed E-state index contributed by atoms with van der Waals surface area (Å²) in [6.45, 7) is 32.7. The molecule has 0 radical (unpaired) electrons. The zero-order valence-corrected chi connectivity index (χ0v) is 37.8. The number of hydrogen-bond donors (Lipinski definition) is 2. The lowest BCUT2D eigenvalue weighted by Gasteiger charge is -2.09. The van der Waals surface area contributed by atoms with Crippen molar-refractivity contribution in [3.05, 3.63) is 159 Å². The van der Waals surface area contributed by atoms with E-state index in [0.717, 1.165) is 11.1 Å². The molecule has 302 valence electrons. The number of pyridine rings is 1. The second-order valence-corrected chi connectivity index (χ2v) is 17.0. The van der Waals surface area contributed by atoms with Crippen LogP contribution < -0.4 is 0 Å². The van der Waals surface area contributed by atoms with E-state index in [1.807, 2.05) is 24.5 Å². The molecule has 0 unspecified atom stereocenters. The van der Waals surface area contributed by atoms with Crippen LogP contribution in [0.15, 0.2) is 103 Å². The number of aryl methyl sites for hydroxylation is 3. The molecule has 0 aliphatic carbocycles. The predicted octanol–water partition coefficient (Wildman–Crippen LogP) is 15.7. The Morgan fingerprint density at radius 2 is 1.11 bits per heavy atom. The first-order valence-corrected chi connectivity index (χ1v) is 20.7. The fraction of sp³-hybridized carbons (Fsp3) is 0.412. The molecule has 0 aliphatic rings. The second-order valence-electron chi connectivity index (χ2n) is 16.6. The van der Waals surface area contributed by atoms with Crippen LogP contribution in [0.2, 0.25) is 5.02 Å². The molecule has 6 rings (SSSR count). The molecule has 5 heteroatoms. The number of H-pyrrole nitrogens is 1. The van der Waals surface area contributed by atoms with Crippen LogP contribution in [0.25, 0.3) is 10.9 Å². The van der Waals surface area contributed by atoms with Crippen molar-refractivity contribution < 1.29 is 5.11 Å². The van der Waals surface area contributed by atoms with E-state index < -0.39 is 0 Å². The van der Waals surface area contributed by atoms with Crippen LogP contribution in [0.3, 0.4) is 0 Å². The van der Waals surface area contributed by atoms with E-state index in [-0.39, 0.29) is 5.75 Å². The average molecular weight is 777 g/mol. The number of phenols is 1. The van der Waals surface area contributed by atoms with Gasteiger partial charge in [-0.15, -0.1) is 0 Å². The Labute approximate surface area is 345 Å². The third-order valence-electron chi connectivity index (χ3n) is 9.70. The topological polar surface area (TPSA) is 61.8 Å². The van der Waals surface area contributed by atoms with E-state index in [1.54, 1.807) is 12.1 Å². The minimum Gasteiger partial charge on any atom is -0.506 e. The van der Waals surface area contributed by atoms with Crippen LogP contribution in [0.5, 0.6) is 5.75 Å². The Kier molecular flexibility index (Phi) is 20.1. The highest BCUT2D eigenvalue weighted by molar-refractivity contribution is 6.32. The molecule has 0 atom stereocenters. The molecule has 4 aromatic carbocycles. The van der Waals surface area contributed by atoms with Crippen molar-refractivity contribution >= 4 is 22.5 Å². The summed E-state index contributed by atoms with van der Waals surface area (Å²) in [4.78, 5) is 4.32. The summed E-state index contributed by atoms with van der Waals surface area (Å²) in [6, 6.07) is 31.1. The molecule has 2 aromatic heterocycles. The smallest absolute Gasteiger partial charge is 0.134 e. The van der Waals surface area contributed by atoms with Crippen molar-refractivity contribution in [2.24, 2.45) is 0 Å². The number of hydrogen-bond acceptors (Lipinski definition) is 3. The maximum atomic E-state index is 9.22. The van der Waals surface area contributed by atoms with Gasteiger partial charge in [-0.25, -0.2) is 0 Å². The van der Waals surface area contributed by atoms with E-state index >= 15 is 0 Å². The van der Waals surface area contributed by atoms with Gasteiger partial charge in [-0.05, 0) is 119 Å². The van der Waals surface area contributed by atoms with Crippen LogP contribution in [0.4, 0.5) is 0 Å². The summed E-state index contributed by atoms with van der Waals surface area (Å²) in [7, 11) is 0. The molecule has 0 bridgehead atoms. The number of aromatic hydroxyl groups is 1. The van der Waals surface area contributed by atoms with E-state index in [1.165, 1.54) is 50.0 Å². The van der Waals surface area contributed by atoms with E-state index in [9.17, 15) is 5.11 Å². The van der Waals surface area contributed by atoms with Gasteiger partial charge in [-0.3, -0.25) is 10.1 Å². The Bertz CT molecular complexity index is 2010. The van der Waals surface area contributed by atoms with Gasteiger partial charge in [-0.1, -0.05) is 167 Å². The zero-order valence-electron chi connectivity index (χ0n) is 37.0. The third-order valence-corrected chi connectivity index (χ3v) is 10.0. The molecular formula is C51H70ClN3O. The zero-order chi connectivity index (χ0) is 42.1. The predicted molar refractivity (Wildman–Crippen MR) is 245 cm³/mol. The lowest BCUT2D eigenvalue weighted by Crippen LogP contribution is -1.95. The number of benzene rings is 4. The standard InChI is InChI=1S/C12H13N.C11H16.C10H14.C9H11ClO.C9H16N2/c1-9(2)11-6-5-10-4-3-7-13-12(10)8-11;1-8(2)11-7-9(3)5-6-10(11)4;1-8(2)10-7-5-4-6-9(10)3;1-6(2)7-3-4-8(10)9(11)5-7;1-6(2)8-5-10-11-9(8)7(3)4/h3-9H,1-2H3;5-8H,1-4H3;4-8H,1-3H3;3-6,11H,1-2H3;5-7H,1-4H3,(H,10,11). The van der Waals surface area contributed by atoms with Gasteiger partial charge in [0.05, 0.1) is 16.7 Å². The number of halogens is 1. The van der Waals surface area contributed by atoms with Crippen molar-refractivity contribution in [2.45, 2.75) is 139 Å². The fourth-order valence-electron chi connectivity index (χ4n) is 6.18. The molecule has 6 aromatic rings. The highest BCUT2D eigenvalue weighted by Gasteiger charge is 2.11. The van der Waals surface area contributed by atoms with Crippen molar-refractivity contribution in [1.82, 2.24) is 15.2 Å². The van der Waals surface area contributed by atoms with Gasteiger partial charge in [0, 0.05) is 17.3 Å². The number of rotatable bonds is 6. The molecular weight excluding hydrogens is 706 g/mol. The molecule has 0 saturated heterocycles. The largest absolute Gasteiger partial charge is 0.506 e. The van der Waals surface area contributed by atoms with E-state index in [4.69, 9.17) is 11.6 Å². The molecule has 2 heterocycles. The van der Waals surface area contributed by atoms with Gasteiger partial charge in [0.1, 0.15) is 5.75 Å². The molecule has 0 fully saturated rings. The van der Waals surface area contributed by atoms with Crippen LogP contribution in [-0.2, 0) is 0 Å². The van der Waals surface area contributed by atoms with E-state index in [0.29, 0.717) is 40.5 Å². The average Bonchev–Trinajstić information content (AvgIpc) is 3.66.